The zero-order valence-corrected chi connectivity index (χ0v) is 10.7. The first-order valence-electron chi connectivity index (χ1n) is 6.74. The Bertz CT molecular complexity index is 224. The molecular weight excluding hydrogens is 202 g/mol. The van der Waals surface area contributed by atoms with Gasteiger partial charge in [-0.2, -0.15) is 0 Å². The molecule has 1 saturated heterocycles. The van der Waals surface area contributed by atoms with Crippen LogP contribution < -0.4 is 0 Å². The molecule has 0 aromatic heterocycles. The van der Waals surface area contributed by atoms with Crippen molar-refractivity contribution >= 4 is 0 Å². The first-order valence-corrected chi connectivity index (χ1v) is 6.74. The molecule has 1 saturated carbocycles. The second-order valence-electron chi connectivity index (χ2n) is 5.98. The van der Waals surface area contributed by atoms with Crippen molar-refractivity contribution in [1.29, 1.82) is 0 Å². The van der Waals surface area contributed by atoms with E-state index in [0.29, 0.717) is 32.2 Å². The molecule has 0 N–H and O–H groups in total. The summed E-state index contributed by atoms with van der Waals surface area (Å²) < 4.78 is 5.28. The summed E-state index contributed by atoms with van der Waals surface area (Å²) in [6.45, 7) is 8.11. The van der Waals surface area contributed by atoms with Gasteiger partial charge >= 0.3 is 0 Å². The van der Waals surface area contributed by atoms with E-state index < -0.39 is 0 Å². The topological polar surface area (TPSA) is 32.3 Å². The van der Waals surface area contributed by atoms with Crippen molar-refractivity contribution in [2.45, 2.75) is 33.1 Å². The van der Waals surface area contributed by atoms with Crippen molar-refractivity contribution in [1.82, 2.24) is 0 Å². The van der Waals surface area contributed by atoms with Gasteiger partial charge in [-0.05, 0) is 31.1 Å². The molecule has 1 aliphatic heterocycles. The van der Waals surface area contributed by atoms with Crippen molar-refractivity contribution in [3.8, 4) is 0 Å². The lowest BCUT2D eigenvalue weighted by molar-refractivity contribution is -0.891. The molecule has 1 aliphatic carbocycles. The van der Waals surface area contributed by atoms with Gasteiger partial charge in [0, 0.05) is 5.92 Å². The summed E-state index contributed by atoms with van der Waals surface area (Å²) in [6, 6.07) is 0. The average molecular weight is 227 g/mol. The maximum atomic E-state index is 12.4. The molecule has 2 unspecified atom stereocenters. The summed E-state index contributed by atoms with van der Waals surface area (Å²) >= 11 is 0. The molecule has 3 heteroatoms. The summed E-state index contributed by atoms with van der Waals surface area (Å²) in [6.07, 6.45) is 3.88. The fraction of sp³-hybridized carbons (Fsp3) is 1.00. The molecule has 1 heterocycles. The van der Waals surface area contributed by atoms with Gasteiger partial charge in [0.2, 0.25) is 0 Å². The molecule has 3 nitrogen and oxygen atoms in total. The van der Waals surface area contributed by atoms with Crippen LogP contribution in [0.5, 0.6) is 0 Å². The van der Waals surface area contributed by atoms with Crippen LogP contribution in [0.25, 0.3) is 0 Å². The van der Waals surface area contributed by atoms with Crippen LogP contribution >= 0.6 is 0 Å². The van der Waals surface area contributed by atoms with Crippen LogP contribution in [0.1, 0.15) is 33.1 Å². The molecule has 0 spiro atoms. The Morgan fingerprint density at radius 1 is 1.25 bits per heavy atom. The number of rotatable bonds is 3. The van der Waals surface area contributed by atoms with E-state index in [0.717, 1.165) is 18.4 Å². The number of ether oxygens (including phenoxy) is 1. The van der Waals surface area contributed by atoms with Crippen LogP contribution in [0, 0.1) is 23.0 Å². The molecule has 2 fully saturated rings. The molecule has 0 aromatic carbocycles. The fourth-order valence-electron chi connectivity index (χ4n) is 3.21. The highest BCUT2D eigenvalue weighted by atomic mass is 16.6. The molecule has 2 rings (SSSR count). The minimum atomic E-state index is 0.00941. The Morgan fingerprint density at radius 2 is 1.94 bits per heavy atom. The minimum Gasteiger partial charge on any atom is -0.633 e. The zero-order chi connectivity index (χ0) is 11.6. The summed E-state index contributed by atoms with van der Waals surface area (Å²) in [5.41, 5.74) is 0. The highest BCUT2D eigenvalue weighted by Gasteiger charge is 2.32. The third-order valence-corrected chi connectivity index (χ3v) is 4.40. The number of hydrogen-bond acceptors (Lipinski definition) is 2. The van der Waals surface area contributed by atoms with Gasteiger partial charge in [-0.3, -0.25) is 0 Å². The fourth-order valence-corrected chi connectivity index (χ4v) is 3.21. The Hall–Kier alpha value is -0.120. The summed E-state index contributed by atoms with van der Waals surface area (Å²) in [5, 5.41) is 12.4. The third kappa shape index (κ3) is 2.96. The van der Waals surface area contributed by atoms with Crippen molar-refractivity contribution < 1.29 is 9.38 Å². The number of nitrogens with zero attached hydrogens (tertiary/aromatic N) is 1. The normalized spacial score (nSPS) is 34.5. The average Bonchev–Trinajstić information content (AvgIpc) is 2.66. The third-order valence-electron chi connectivity index (χ3n) is 4.40. The van der Waals surface area contributed by atoms with Crippen molar-refractivity contribution in [2.24, 2.45) is 17.8 Å². The molecule has 2 aliphatic rings. The van der Waals surface area contributed by atoms with Gasteiger partial charge in [0.05, 0.1) is 19.8 Å². The monoisotopic (exact) mass is 227 g/mol. The summed E-state index contributed by atoms with van der Waals surface area (Å²) in [4.78, 5) is 0. The van der Waals surface area contributed by atoms with Gasteiger partial charge in [0.1, 0.15) is 13.1 Å². The Balaban J connectivity index is 1.81. The Morgan fingerprint density at radius 3 is 2.50 bits per heavy atom. The van der Waals surface area contributed by atoms with E-state index in [4.69, 9.17) is 4.74 Å². The molecule has 94 valence electrons. The van der Waals surface area contributed by atoms with E-state index in [9.17, 15) is 5.21 Å². The predicted molar refractivity (Wildman–Crippen MR) is 64.7 cm³/mol. The van der Waals surface area contributed by atoms with Crippen LogP contribution in [-0.4, -0.2) is 37.5 Å². The maximum Gasteiger partial charge on any atom is 0.102 e. The number of hydroxylamine groups is 3. The van der Waals surface area contributed by atoms with Gasteiger partial charge in [-0.1, -0.05) is 13.8 Å². The van der Waals surface area contributed by atoms with Crippen LogP contribution in [-0.2, 0) is 4.74 Å². The summed E-state index contributed by atoms with van der Waals surface area (Å²) in [5.74, 6) is 2.32. The lowest BCUT2D eigenvalue weighted by atomic mass is 9.93. The van der Waals surface area contributed by atoms with E-state index in [2.05, 4.69) is 13.8 Å². The minimum absolute atomic E-state index is 0.00941. The van der Waals surface area contributed by atoms with E-state index in [1.807, 2.05) is 0 Å². The van der Waals surface area contributed by atoms with Crippen molar-refractivity contribution in [2.75, 3.05) is 32.8 Å². The lowest BCUT2D eigenvalue weighted by Gasteiger charge is -2.46. The number of hydrogen-bond donors (Lipinski definition) is 0. The molecule has 0 aromatic rings. The molecule has 2 atom stereocenters. The van der Waals surface area contributed by atoms with Gasteiger partial charge in [-0.15, -0.1) is 0 Å². The van der Waals surface area contributed by atoms with E-state index in [1.165, 1.54) is 19.3 Å². The highest BCUT2D eigenvalue weighted by Crippen LogP contribution is 2.37. The standard InChI is InChI=1S/C13H25NO2/c1-11(2)13-4-3-12(9-13)10-14(15)5-7-16-8-6-14/h11-13H,3-10H2,1-2H3. The molecule has 0 radical (unpaired) electrons. The molecule has 16 heavy (non-hydrogen) atoms. The lowest BCUT2D eigenvalue weighted by Crippen LogP contribution is -2.52. The van der Waals surface area contributed by atoms with E-state index in [-0.39, 0.29) is 4.65 Å². The Kier molecular flexibility index (Phi) is 3.88. The Labute approximate surface area is 98.9 Å². The van der Waals surface area contributed by atoms with E-state index in [1.54, 1.807) is 0 Å². The number of morpholine rings is 1. The molecule has 0 amide bonds. The number of quaternary nitrogens is 1. The van der Waals surface area contributed by atoms with E-state index >= 15 is 0 Å². The predicted octanol–water partition coefficient (Wildman–Crippen LogP) is 2.40. The summed E-state index contributed by atoms with van der Waals surface area (Å²) in [7, 11) is 0. The van der Waals surface area contributed by atoms with Crippen LogP contribution in [0.15, 0.2) is 0 Å². The second-order valence-corrected chi connectivity index (χ2v) is 5.98. The quantitative estimate of drug-likeness (QED) is 0.548. The first kappa shape index (κ1) is 12.3. The van der Waals surface area contributed by atoms with Crippen LogP contribution in [0.4, 0.5) is 0 Å². The second kappa shape index (κ2) is 5.03. The maximum absolute atomic E-state index is 12.4. The van der Waals surface area contributed by atoms with Gasteiger partial charge in [-0.25, -0.2) is 0 Å². The van der Waals surface area contributed by atoms with Crippen molar-refractivity contribution in [3.05, 3.63) is 5.21 Å². The zero-order valence-electron chi connectivity index (χ0n) is 10.7. The molecule has 0 bridgehead atoms. The smallest absolute Gasteiger partial charge is 0.102 e. The van der Waals surface area contributed by atoms with Crippen molar-refractivity contribution in [3.63, 3.8) is 0 Å². The largest absolute Gasteiger partial charge is 0.633 e. The highest BCUT2D eigenvalue weighted by molar-refractivity contribution is 4.78. The SMILES string of the molecule is CC(C)C1CCC(C[N+]2([O-])CCOCC2)C1. The molecular formula is C13H25NO2. The van der Waals surface area contributed by atoms with Crippen LogP contribution in [0.3, 0.4) is 0 Å². The van der Waals surface area contributed by atoms with Gasteiger partial charge in [0.25, 0.3) is 0 Å². The first-order chi connectivity index (χ1) is 7.59. The van der Waals surface area contributed by atoms with Gasteiger partial charge in [0.15, 0.2) is 0 Å². The van der Waals surface area contributed by atoms with Crippen LogP contribution in [0.2, 0.25) is 0 Å². The van der Waals surface area contributed by atoms with Gasteiger partial charge < -0.3 is 14.6 Å².